The summed E-state index contributed by atoms with van der Waals surface area (Å²) in [7, 11) is 0. The summed E-state index contributed by atoms with van der Waals surface area (Å²) in [5.74, 6) is 0. The second-order valence-electron chi connectivity index (χ2n) is 2.59. The van der Waals surface area contributed by atoms with E-state index in [1.54, 1.807) is 0 Å². The first-order valence-electron chi connectivity index (χ1n) is 3.61. The predicted molar refractivity (Wildman–Crippen MR) is 42.8 cm³/mol. The molecule has 0 saturated heterocycles. The SMILES string of the molecule is OC(Cc1cncc(Cl)n1)C(F)(F)F. The van der Waals surface area contributed by atoms with Gasteiger partial charge in [0, 0.05) is 12.6 Å². The molecule has 0 bridgehead atoms. The fourth-order valence-corrected chi connectivity index (χ4v) is 0.957. The summed E-state index contributed by atoms with van der Waals surface area (Å²) in [6.07, 6.45) is -5.40. The molecule has 7 heteroatoms. The highest BCUT2D eigenvalue weighted by atomic mass is 35.5. The standard InChI is InChI=1S/C7H6ClF3N2O/c8-6-3-12-2-4(13-6)1-5(14)7(9,10)11/h2-3,5,14H,1H2. The average Bonchev–Trinajstić information content (AvgIpc) is 2.02. The zero-order valence-corrected chi connectivity index (χ0v) is 7.55. The van der Waals surface area contributed by atoms with Gasteiger partial charge in [0.2, 0.25) is 0 Å². The minimum atomic E-state index is -4.65. The normalized spacial score (nSPS) is 14.1. The quantitative estimate of drug-likeness (QED) is 0.833. The highest BCUT2D eigenvalue weighted by Gasteiger charge is 2.38. The predicted octanol–water partition coefficient (Wildman–Crippen LogP) is 1.60. The minimum absolute atomic E-state index is 0.00215. The van der Waals surface area contributed by atoms with E-state index in [9.17, 15) is 13.2 Å². The van der Waals surface area contributed by atoms with E-state index in [-0.39, 0.29) is 10.8 Å². The fraction of sp³-hybridized carbons (Fsp3) is 0.429. The van der Waals surface area contributed by atoms with E-state index in [0.717, 1.165) is 6.20 Å². The average molecular weight is 227 g/mol. The maximum Gasteiger partial charge on any atom is 0.414 e. The lowest BCUT2D eigenvalue weighted by molar-refractivity contribution is -0.203. The van der Waals surface area contributed by atoms with Gasteiger partial charge in [-0.3, -0.25) is 4.98 Å². The van der Waals surface area contributed by atoms with Gasteiger partial charge in [-0.05, 0) is 0 Å². The molecule has 0 aliphatic heterocycles. The van der Waals surface area contributed by atoms with Crippen LogP contribution >= 0.6 is 11.6 Å². The van der Waals surface area contributed by atoms with Gasteiger partial charge in [0.1, 0.15) is 5.15 Å². The molecular weight excluding hydrogens is 221 g/mol. The van der Waals surface area contributed by atoms with E-state index in [1.165, 1.54) is 6.20 Å². The molecule has 0 aliphatic carbocycles. The number of halogens is 4. The van der Waals surface area contributed by atoms with Gasteiger partial charge in [0.05, 0.1) is 11.9 Å². The lowest BCUT2D eigenvalue weighted by atomic mass is 10.2. The van der Waals surface area contributed by atoms with Crippen molar-refractivity contribution in [3.8, 4) is 0 Å². The van der Waals surface area contributed by atoms with E-state index >= 15 is 0 Å². The second-order valence-corrected chi connectivity index (χ2v) is 2.98. The van der Waals surface area contributed by atoms with Crippen LogP contribution in [0.5, 0.6) is 0 Å². The molecule has 1 unspecified atom stereocenters. The second kappa shape index (κ2) is 4.10. The Morgan fingerprint density at radius 3 is 2.57 bits per heavy atom. The van der Waals surface area contributed by atoms with Crippen molar-refractivity contribution in [2.45, 2.75) is 18.7 Å². The van der Waals surface area contributed by atoms with Crippen molar-refractivity contribution in [3.05, 3.63) is 23.2 Å². The van der Waals surface area contributed by atoms with Crippen LogP contribution in [0.2, 0.25) is 5.15 Å². The smallest absolute Gasteiger partial charge is 0.383 e. The number of hydrogen-bond donors (Lipinski definition) is 1. The number of aliphatic hydroxyl groups is 1. The van der Waals surface area contributed by atoms with Gasteiger partial charge in [0.15, 0.2) is 6.10 Å². The molecule has 0 radical (unpaired) electrons. The Bertz CT molecular complexity index is 318. The van der Waals surface area contributed by atoms with Crippen molar-refractivity contribution < 1.29 is 18.3 Å². The van der Waals surface area contributed by atoms with Crippen LogP contribution in [0.25, 0.3) is 0 Å². The number of nitrogens with zero attached hydrogens (tertiary/aromatic N) is 2. The van der Waals surface area contributed by atoms with E-state index in [0.29, 0.717) is 0 Å². The number of aromatic nitrogens is 2. The maximum atomic E-state index is 11.9. The molecule has 78 valence electrons. The number of aliphatic hydroxyl groups excluding tert-OH is 1. The summed E-state index contributed by atoms with van der Waals surface area (Å²) in [6, 6.07) is 0. The molecule has 0 aliphatic rings. The molecule has 1 rings (SSSR count). The molecule has 14 heavy (non-hydrogen) atoms. The monoisotopic (exact) mass is 226 g/mol. The first-order chi connectivity index (χ1) is 6.39. The lowest BCUT2D eigenvalue weighted by Crippen LogP contribution is -2.30. The molecule has 1 heterocycles. The van der Waals surface area contributed by atoms with E-state index < -0.39 is 18.7 Å². The molecule has 1 atom stereocenters. The molecule has 0 aromatic carbocycles. The number of rotatable bonds is 2. The van der Waals surface area contributed by atoms with Crippen molar-refractivity contribution in [1.29, 1.82) is 0 Å². The van der Waals surface area contributed by atoms with Gasteiger partial charge in [-0.15, -0.1) is 0 Å². The summed E-state index contributed by atoms with van der Waals surface area (Å²) in [4.78, 5) is 7.12. The van der Waals surface area contributed by atoms with E-state index in [1.807, 2.05) is 0 Å². The third-order valence-corrected chi connectivity index (χ3v) is 1.62. The molecule has 0 spiro atoms. The zero-order chi connectivity index (χ0) is 10.8. The van der Waals surface area contributed by atoms with Crippen LogP contribution in [-0.2, 0) is 6.42 Å². The molecule has 1 aromatic rings. The molecule has 1 aromatic heterocycles. The summed E-state index contributed by atoms with van der Waals surface area (Å²) in [5.41, 5.74) is 0.00215. The molecular formula is C7H6ClF3N2O. The molecule has 0 saturated carbocycles. The third kappa shape index (κ3) is 3.12. The van der Waals surface area contributed by atoms with Crippen LogP contribution in [0.15, 0.2) is 12.4 Å². The summed E-state index contributed by atoms with van der Waals surface area (Å²) in [5, 5.41) is 8.69. The number of alkyl halides is 3. The summed E-state index contributed by atoms with van der Waals surface area (Å²) < 4.78 is 35.7. The Morgan fingerprint density at radius 2 is 2.07 bits per heavy atom. The van der Waals surface area contributed by atoms with Crippen molar-refractivity contribution >= 4 is 11.6 Å². The van der Waals surface area contributed by atoms with Crippen molar-refractivity contribution in [1.82, 2.24) is 9.97 Å². The van der Waals surface area contributed by atoms with Crippen LogP contribution in [-0.4, -0.2) is 27.4 Å². The molecule has 0 amide bonds. The van der Waals surface area contributed by atoms with Crippen LogP contribution < -0.4 is 0 Å². The van der Waals surface area contributed by atoms with Gasteiger partial charge in [-0.2, -0.15) is 13.2 Å². The van der Waals surface area contributed by atoms with E-state index in [2.05, 4.69) is 9.97 Å². The molecule has 3 nitrogen and oxygen atoms in total. The Kier molecular flexibility index (Phi) is 3.28. The van der Waals surface area contributed by atoms with Crippen LogP contribution in [0.3, 0.4) is 0 Å². The summed E-state index contributed by atoms with van der Waals surface area (Å²) >= 11 is 5.41. The van der Waals surface area contributed by atoms with Gasteiger partial charge < -0.3 is 5.11 Å². The lowest BCUT2D eigenvalue weighted by Gasteiger charge is -2.13. The molecule has 1 N–H and O–H groups in total. The highest BCUT2D eigenvalue weighted by Crippen LogP contribution is 2.22. The van der Waals surface area contributed by atoms with Crippen molar-refractivity contribution in [3.63, 3.8) is 0 Å². The van der Waals surface area contributed by atoms with Gasteiger partial charge in [-0.25, -0.2) is 4.98 Å². The van der Waals surface area contributed by atoms with Crippen LogP contribution in [0, 0.1) is 0 Å². The topological polar surface area (TPSA) is 46.0 Å². The van der Waals surface area contributed by atoms with Gasteiger partial charge >= 0.3 is 6.18 Å². The van der Waals surface area contributed by atoms with Crippen LogP contribution in [0.1, 0.15) is 5.69 Å². The highest BCUT2D eigenvalue weighted by molar-refractivity contribution is 6.29. The van der Waals surface area contributed by atoms with Gasteiger partial charge in [-0.1, -0.05) is 11.6 Å². The Labute approximate surface area is 82.6 Å². The third-order valence-electron chi connectivity index (χ3n) is 1.44. The Balaban J connectivity index is 2.70. The first-order valence-corrected chi connectivity index (χ1v) is 3.98. The maximum absolute atomic E-state index is 11.9. The Hall–Kier alpha value is -0.880. The Morgan fingerprint density at radius 1 is 1.43 bits per heavy atom. The van der Waals surface area contributed by atoms with Gasteiger partial charge in [0.25, 0.3) is 0 Å². The number of hydrogen-bond acceptors (Lipinski definition) is 3. The summed E-state index contributed by atoms with van der Waals surface area (Å²) in [6.45, 7) is 0. The fourth-order valence-electron chi connectivity index (χ4n) is 0.792. The minimum Gasteiger partial charge on any atom is -0.383 e. The zero-order valence-electron chi connectivity index (χ0n) is 6.79. The molecule has 0 fully saturated rings. The van der Waals surface area contributed by atoms with Crippen molar-refractivity contribution in [2.24, 2.45) is 0 Å². The van der Waals surface area contributed by atoms with Crippen LogP contribution in [0.4, 0.5) is 13.2 Å². The van der Waals surface area contributed by atoms with E-state index in [4.69, 9.17) is 16.7 Å². The first kappa shape index (κ1) is 11.2. The largest absolute Gasteiger partial charge is 0.414 e. The van der Waals surface area contributed by atoms with Crippen molar-refractivity contribution in [2.75, 3.05) is 0 Å².